The molecule has 0 radical (unpaired) electrons. The largest absolute Gasteiger partial charge is 0.298 e. The minimum Gasteiger partial charge on any atom is -0.298 e. The second-order valence-electron chi connectivity index (χ2n) is 5.41. The molecule has 14 heavy (non-hydrogen) atoms. The number of nitrogens with zero attached hydrogens (tertiary/aromatic N) is 1. The molecule has 0 N–H and O–H groups in total. The summed E-state index contributed by atoms with van der Waals surface area (Å²) in [5.41, 5.74) is 0. The van der Waals surface area contributed by atoms with Crippen LogP contribution in [0.15, 0.2) is 0 Å². The highest BCUT2D eigenvalue weighted by atomic mass is 16.1. The molecule has 1 saturated carbocycles. The minimum absolute atomic E-state index is 0.193. The van der Waals surface area contributed by atoms with E-state index in [1.54, 1.807) is 0 Å². The number of Topliss-reactive ketones (excluding diaryl/α,β-unsaturated/α-hetero) is 1. The average Bonchev–Trinajstić information content (AvgIpc) is 2.74. The maximum atomic E-state index is 12.0. The molecular formula is C12H21NO. The van der Waals surface area contributed by atoms with Crippen LogP contribution in [-0.4, -0.2) is 28.8 Å². The van der Waals surface area contributed by atoms with Gasteiger partial charge in [0.05, 0.1) is 6.04 Å². The van der Waals surface area contributed by atoms with Crippen LogP contribution in [0.5, 0.6) is 0 Å². The molecule has 0 unspecified atom stereocenters. The number of piperidine rings is 1. The lowest BCUT2D eigenvalue weighted by atomic mass is 9.97. The van der Waals surface area contributed by atoms with Gasteiger partial charge in [-0.3, -0.25) is 9.69 Å². The molecule has 80 valence electrons. The third kappa shape index (κ3) is 1.50. The van der Waals surface area contributed by atoms with Crippen LogP contribution < -0.4 is 0 Å². The summed E-state index contributed by atoms with van der Waals surface area (Å²) in [7, 11) is 0. The fourth-order valence-electron chi connectivity index (χ4n) is 2.88. The van der Waals surface area contributed by atoms with Gasteiger partial charge in [0.25, 0.3) is 0 Å². The fraction of sp³-hybridized carbons (Fsp3) is 0.917. The Labute approximate surface area is 86.7 Å². The van der Waals surface area contributed by atoms with Crippen molar-refractivity contribution in [1.29, 1.82) is 0 Å². The SMILES string of the molecule is CC(C)C(=O)[C@@H]1C[C@H]2C[C@H]2N1C(C)C. The summed E-state index contributed by atoms with van der Waals surface area (Å²) >= 11 is 0. The first-order chi connectivity index (χ1) is 6.52. The number of carbonyl (C=O) groups is 1. The predicted octanol–water partition coefficient (Wildman–Crippen LogP) is 2.08. The van der Waals surface area contributed by atoms with Crippen molar-refractivity contribution >= 4 is 5.78 Å². The monoisotopic (exact) mass is 195 g/mol. The first-order valence-corrected chi connectivity index (χ1v) is 5.83. The Bertz CT molecular complexity index is 247. The Kier molecular flexibility index (Phi) is 2.42. The number of hydrogen-bond acceptors (Lipinski definition) is 2. The first-order valence-electron chi connectivity index (χ1n) is 5.83. The highest BCUT2D eigenvalue weighted by Gasteiger charge is 2.54. The normalized spacial score (nSPS) is 36.6. The summed E-state index contributed by atoms with van der Waals surface area (Å²) < 4.78 is 0. The molecule has 1 saturated heterocycles. The van der Waals surface area contributed by atoms with Crippen molar-refractivity contribution in [3.8, 4) is 0 Å². The number of carbonyl (C=O) groups excluding carboxylic acids is 1. The van der Waals surface area contributed by atoms with Crippen molar-refractivity contribution in [3.63, 3.8) is 0 Å². The molecule has 1 aliphatic heterocycles. The van der Waals surface area contributed by atoms with Crippen LogP contribution in [0.1, 0.15) is 40.5 Å². The van der Waals surface area contributed by atoms with Crippen LogP contribution in [0.25, 0.3) is 0 Å². The third-order valence-corrected chi connectivity index (χ3v) is 3.65. The molecule has 2 nitrogen and oxygen atoms in total. The van der Waals surface area contributed by atoms with Gasteiger partial charge in [-0.1, -0.05) is 13.8 Å². The summed E-state index contributed by atoms with van der Waals surface area (Å²) in [4.78, 5) is 14.4. The van der Waals surface area contributed by atoms with Gasteiger partial charge < -0.3 is 0 Å². The Morgan fingerprint density at radius 1 is 1.21 bits per heavy atom. The fourth-order valence-corrected chi connectivity index (χ4v) is 2.88. The lowest BCUT2D eigenvalue weighted by Gasteiger charge is -2.31. The van der Waals surface area contributed by atoms with E-state index in [9.17, 15) is 4.79 Å². The topological polar surface area (TPSA) is 20.3 Å². The zero-order chi connectivity index (χ0) is 10.5. The number of fused-ring (bicyclic) bond motifs is 1. The summed E-state index contributed by atoms with van der Waals surface area (Å²) in [6.45, 7) is 8.46. The van der Waals surface area contributed by atoms with Crippen LogP contribution in [0.3, 0.4) is 0 Å². The van der Waals surface area contributed by atoms with Gasteiger partial charge in [0.2, 0.25) is 0 Å². The molecule has 3 atom stereocenters. The van der Waals surface area contributed by atoms with Crippen molar-refractivity contribution in [2.45, 2.75) is 58.7 Å². The lowest BCUT2D eigenvalue weighted by Crippen LogP contribution is -2.44. The average molecular weight is 195 g/mol. The molecule has 1 aliphatic carbocycles. The molecular weight excluding hydrogens is 174 g/mol. The molecule has 2 fully saturated rings. The van der Waals surface area contributed by atoms with E-state index in [1.807, 2.05) is 13.8 Å². The van der Waals surface area contributed by atoms with Gasteiger partial charge in [-0.2, -0.15) is 0 Å². The molecule has 0 amide bonds. The third-order valence-electron chi connectivity index (χ3n) is 3.65. The zero-order valence-corrected chi connectivity index (χ0v) is 9.66. The smallest absolute Gasteiger partial charge is 0.152 e. The van der Waals surface area contributed by atoms with Crippen LogP contribution in [0.2, 0.25) is 0 Å². The quantitative estimate of drug-likeness (QED) is 0.687. The highest BCUT2D eigenvalue weighted by Crippen LogP contribution is 2.49. The molecule has 1 heterocycles. The number of likely N-dealkylation sites (tertiary alicyclic amines) is 1. The summed E-state index contributed by atoms with van der Waals surface area (Å²) in [6.07, 6.45) is 2.46. The van der Waals surface area contributed by atoms with Gasteiger partial charge in [0.15, 0.2) is 5.78 Å². The first kappa shape index (κ1) is 10.2. The van der Waals surface area contributed by atoms with Crippen LogP contribution in [0.4, 0.5) is 0 Å². The molecule has 2 aliphatic rings. The molecule has 2 heteroatoms. The summed E-state index contributed by atoms with van der Waals surface area (Å²) in [6, 6.07) is 1.50. The van der Waals surface area contributed by atoms with Crippen LogP contribution in [-0.2, 0) is 4.79 Å². The second-order valence-corrected chi connectivity index (χ2v) is 5.41. The standard InChI is InChI=1S/C12H21NO/c1-7(2)12(14)11-6-9-5-10(9)13(11)8(3)4/h7-11H,5-6H2,1-4H3/t9-,10-,11+/m1/s1. The van der Waals surface area contributed by atoms with Gasteiger partial charge in [0.1, 0.15) is 0 Å². The van der Waals surface area contributed by atoms with Gasteiger partial charge >= 0.3 is 0 Å². The lowest BCUT2D eigenvalue weighted by molar-refractivity contribution is -0.127. The van der Waals surface area contributed by atoms with E-state index in [-0.39, 0.29) is 12.0 Å². The van der Waals surface area contributed by atoms with E-state index < -0.39 is 0 Å². The van der Waals surface area contributed by atoms with Crippen molar-refractivity contribution in [2.75, 3.05) is 0 Å². The minimum atomic E-state index is 0.193. The van der Waals surface area contributed by atoms with Gasteiger partial charge in [0, 0.05) is 18.0 Å². The van der Waals surface area contributed by atoms with E-state index in [1.165, 1.54) is 6.42 Å². The van der Waals surface area contributed by atoms with E-state index >= 15 is 0 Å². The van der Waals surface area contributed by atoms with Crippen molar-refractivity contribution in [3.05, 3.63) is 0 Å². The highest BCUT2D eigenvalue weighted by molar-refractivity contribution is 5.86. The van der Waals surface area contributed by atoms with Crippen LogP contribution >= 0.6 is 0 Å². The molecule has 0 aromatic heterocycles. The molecule has 2 rings (SSSR count). The van der Waals surface area contributed by atoms with Crippen molar-refractivity contribution in [1.82, 2.24) is 4.90 Å². The molecule has 0 aromatic rings. The van der Waals surface area contributed by atoms with E-state index in [4.69, 9.17) is 0 Å². The summed E-state index contributed by atoms with van der Waals surface area (Å²) in [5.74, 6) is 1.48. The second kappa shape index (κ2) is 3.34. The number of ketones is 1. The van der Waals surface area contributed by atoms with E-state index in [0.717, 1.165) is 18.4 Å². The van der Waals surface area contributed by atoms with Gasteiger partial charge in [-0.05, 0) is 32.6 Å². The molecule has 0 aromatic carbocycles. The Morgan fingerprint density at radius 2 is 1.86 bits per heavy atom. The molecule has 0 bridgehead atoms. The van der Waals surface area contributed by atoms with Crippen LogP contribution in [0, 0.1) is 11.8 Å². The Hall–Kier alpha value is -0.370. The zero-order valence-electron chi connectivity index (χ0n) is 9.66. The maximum Gasteiger partial charge on any atom is 0.152 e. The van der Waals surface area contributed by atoms with E-state index in [2.05, 4.69) is 18.7 Å². The summed E-state index contributed by atoms with van der Waals surface area (Å²) in [5, 5.41) is 0. The van der Waals surface area contributed by atoms with Gasteiger partial charge in [-0.25, -0.2) is 0 Å². The number of hydrogen-bond donors (Lipinski definition) is 0. The maximum absolute atomic E-state index is 12.0. The Balaban J connectivity index is 2.09. The Morgan fingerprint density at radius 3 is 2.36 bits per heavy atom. The molecule has 0 spiro atoms. The predicted molar refractivity (Wildman–Crippen MR) is 57.1 cm³/mol. The number of rotatable bonds is 3. The van der Waals surface area contributed by atoms with Crippen molar-refractivity contribution < 1.29 is 4.79 Å². The van der Waals surface area contributed by atoms with Crippen molar-refractivity contribution in [2.24, 2.45) is 11.8 Å². The van der Waals surface area contributed by atoms with E-state index in [0.29, 0.717) is 11.8 Å². The van der Waals surface area contributed by atoms with Gasteiger partial charge in [-0.15, -0.1) is 0 Å².